The molecule has 2 aromatic heterocycles. The largest absolute Gasteiger partial charge is 0.497 e. The maximum absolute atomic E-state index is 12.7. The van der Waals surface area contributed by atoms with Crippen LogP contribution in [-0.2, 0) is 13.0 Å². The molecule has 0 bridgehead atoms. The van der Waals surface area contributed by atoms with Crippen molar-refractivity contribution in [3.05, 3.63) is 70.8 Å². The highest BCUT2D eigenvalue weighted by molar-refractivity contribution is 5.59. The van der Waals surface area contributed by atoms with Gasteiger partial charge in [0.05, 0.1) is 12.8 Å². The molecule has 3 aromatic rings. The SMILES string of the molecule is COc1cccc(CCNc2nc(-c3ccncc3)cc(=O)n2CCCN)c1. The van der Waals surface area contributed by atoms with Crippen molar-refractivity contribution in [2.24, 2.45) is 5.73 Å². The van der Waals surface area contributed by atoms with Crippen LogP contribution in [0.25, 0.3) is 11.3 Å². The number of benzene rings is 1. The molecule has 0 saturated heterocycles. The van der Waals surface area contributed by atoms with E-state index in [2.05, 4.69) is 15.3 Å². The number of pyridine rings is 1. The van der Waals surface area contributed by atoms with E-state index in [0.717, 1.165) is 23.3 Å². The fourth-order valence-corrected chi connectivity index (χ4v) is 2.92. The second kappa shape index (κ2) is 9.66. The van der Waals surface area contributed by atoms with E-state index in [0.29, 0.717) is 37.7 Å². The number of methoxy groups -OCH3 is 1. The number of ether oxygens (including phenoxy) is 1. The van der Waals surface area contributed by atoms with Gasteiger partial charge >= 0.3 is 0 Å². The molecule has 0 aliphatic heterocycles. The van der Waals surface area contributed by atoms with Crippen LogP contribution < -0.4 is 21.3 Å². The Balaban J connectivity index is 1.82. The Labute approximate surface area is 164 Å². The molecule has 146 valence electrons. The fraction of sp³-hybridized carbons (Fsp3) is 0.286. The average Bonchev–Trinajstić information content (AvgIpc) is 2.74. The van der Waals surface area contributed by atoms with Crippen molar-refractivity contribution in [3.63, 3.8) is 0 Å². The van der Waals surface area contributed by atoms with Crippen LogP contribution in [0.5, 0.6) is 5.75 Å². The van der Waals surface area contributed by atoms with Gasteiger partial charge in [0, 0.05) is 37.1 Å². The molecule has 0 aliphatic carbocycles. The number of anilines is 1. The number of nitrogens with zero attached hydrogens (tertiary/aromatic N) is 3. The third kappa shape index (κ3) is 4.95. The number of nitrogens with one attached hydrogen (secondary N) is 1. The van der Waals surface area contributed by atoms with E-state index >= 15 is 0 Å². The monoisotopic (exact) mass is 379 g/mol. The van der Waals surface area contributed by atoms with E-state index in [-0.39, 0.29) is 5.56 Å². The normalized spacial score (nSPS) is 10.6. The minimum Gasteiger partial charge on any atom is -0.497 e. The van der Waals surface area contributed by atoms with E-state index in [1.54, 1.807) is 30.1 Å². The number of aromatic nitrogens is 3. The molecule has 7 nitrogen and oxygen atoms in total. The van der Waals surface area contributed by atoms with E-state index in [9.17, 15) is 4.79 Å². The van der Waals surface area contributed by atoms with E-state index < -0.39 is 0 Å². The summed E-state index contributed by atoms with van der Waals surface area (Å²) in [7, 11) is 1.65. The van der Waals surface area contributed by atoms with Crippen LogP contribution in [-0.4, -0.2) is 34.7 Å². The first kappa shape index (κ1) is 19.6. The summed E-state index contributed by atoms with van der Waals surface area (Å²) < 4.78 is 6.91. The van der Waals surface area contributed by atoms with Gasteiger partial charge in [-0.15, -0.1) is 0 Å². The minimum absolute atomic E-state index is 0.0980. The number of hydrogen-bond donors (Lipinski definition) is 2. The lowest BCUT2D eigenvalue weighted by atomic mass is 10.1. The quantitative estimate of drug-likeness (QED) is 0.592. The van der Waals surface area contributed by atoms with Gasteiger partial charge in [0.25, 0.3) is 5.56 Å². The van der Waals surface area contributed by atoms with Gasteiger partial charge in [-0.25, -0.2) is 4.98 Å². The summed E-state index contributed by atoms with van der Waals surface area (Å²) in [5.41, 5.74) is 8.15. The molecule has 0 spiro atoms. The first-order valence-electron chi connectivity index (χ1n) is 9.30. The van der Waals surface area contributed by atoms with Crippen LogP contribution in [0.1, 0.15) is 12.0 Å². The lowest BCUT2D eigenvalue weighted by molar-refractivity contribution is 0.414. The van der Waals surface area contributed by atoms with Crippen LogP contribution in [0, 0.1) is 0 Å². The molecule has 0 aliphatic rings. The Morgan fingerprint density at radius 2 is 2.00 bits per heavy atom. The van der Waals surface area contributed by atoms with Crippen molar-refractivity contribution < 1.29 is 4.74 Å². The third-order valence-corrected chi connectivity index (χ3v) is 4.40. The summed E-state index contributed by atoms with van der Waals surface area (Å²) in [6.07, 6.45) is 4.86. The first-order valence-corrected chi connectivity index (χ1v) is 9.30. The van der Waals surface area contributed by atoms with Gasteiger partial charge in [-0.05, 0) is 49.2 Å². The van der Waals surface area contributed by atoms with Gasteiger partial charge in [0.1, 0.15) is 5.75 Å². The predicted octanol–water partition coefficient (Wildman–Crippen LogP) is 2.32. The molecule has 0 unspecified atom stereocenters. The molecule has 3 rings (SSSR count). The van der Waals surface area contributed by atoms with Crippen LogP contribution in [0.15, 0.2) is 59.7 Å². The van der Waals surface area contributed by atoms with Crippen LogP contribution in [0.3, 0.4) is 0 Å². The maximum Gasteiger partial charge on any atom is 0.255 e. The summed E-state index contributed by atoms with van der Waals surface area (Å²) in [4.78, 5) is 21.4. The molecule has 0 amide bonds. The molecular formula is C21H25N5O2. The smallest absolute Gasteiger partial charge is 0.255 e. The van der Waals surface area contributed by atoms with Gasteiger partial charge in [-0.3, -0.25) is 14.3 Å². The molecule has 28 heavy (non-hydrogen) atoms. The molecule has 0 radical (unpaired) electrons. The summed E-state index contributed by atoms with van der Waals surface area (Å²) in [6, 6.07) is 13.2. The lowest BCUT2D eigenvalue weighted by Gasteiger charge is -2.15. The fourth-order valence-electron chi connectivity index (χ4n) is 2.92. The van der Waals surface area contributed by atoms with E-state index in [4.69, 9.17) is 10.5 Å². The van der Waals surface area contributed by atoms with Crippen molar-refractivity contribution in [3.8, 4) is 17.0 Å². The maximum atomic E-state index is 12.7. The third-order valence-electron chi connectivity index (χ3n) is 4.40. The Morgan fingerprint density at radius 3 is 2.75 bits per heavy atom. The molecule has 1 aromatic carbocycles. The van der Waals surface area contributed by atoms with Gasteiger partial charge in [-0.1, -0.05) is 12.1 Å². The highest BCUT2D eigenvalue weighted by Crippen LogP contribution is 2.17. The predicted molar refractivity (Wildman–Crippen MR) is 111 cm³/mol. The van der Waals surface area contributed by atoms with Crippen LogP contribution in [0.2, 0.25) is 0 Å². The molecule has 0 atom stereocenters. The summed E-state index contributed by atoms with van der Waals surface area (Å²) in [5, 5.41) is 3.31. The highest BCUT2D eigenvalue weighted by atomic mass is 16.5. The number of rotatable bonds is 9. The molecule has 0 saturated carbocycles. The standard InChI is InChI=1S/C21H25N5O2/c1-28-18-5-2-4-16(14-18)6-12-24-21-25-19(17-7-10-23-11-8-17)15-20(27)26(21)13-3-9-22/h2,4-5,7-8,10-11,14-15H,3,6,9,12-13,22H2,1H3,(H,24,25). The highest BCUT2D eigenvalue weighted by Gasteiger charge is 2.10. The van der Waals surface area contributed by atoms with Crippen LogP contribution in [0.4, 0.5) is 5.95 Å². The van der Waals surface area contributed by atoms with E-state index in [1.807, 2.05) is 36.4 Å². The lowest BCUT2D eigenvalue weighted by Crippen LogP contribution is -2.26. The van der Waals surface area contributed by atoms with E-state index in [1.165, 1.54) is 0 Å². The topological polar surface area (TPSA) is 95.1 Å². The summed E-state index contributed by atoms with van der Waals surface area (Å²) in [6.45, 7) is 1.68. The second-order valence-corrected chi connectivity index (χ2v) is 6.36. The van der Waals surface area contributed by atoms with Crippen molar-refractivity contribution in [2.45, 2.75) is 19.4 Å². The summed E-state index contributed by atoms with van der Waals surface area (Å²) in [5.74, 6) is 1.38. The van der Waals surface area contributed by atoms with Gasteiger partial charge < -0.3 is 15.8 Å². The number of hydrogen-bond acceptors (Lipinski definition) is 6. The summed E-state index contributed by atoms with van der Waals surface area (Å²) >= 11 is 0. The molecule has 0 fully saturated rings. The van der Waals surface area contributed by atoms with Gasteiger partial charge in [0.2, 0.25) is 5.95 Å². The second-order valence-electron chi connectivity index (χ2n) is 6.36. The first-order chi connectivity index (χ1) is 13.7. The molecular weight excluding hydrogens is 354 g/mol. The van der Waals surface area contributed by atoms with Crippen LogP contribution >= 0.6 is 0 Å². The van der Waals surface area contributed by atoms with Crippen molar-refractivity contribution in [2.75, 3.05) is 25.5 Å². The average molecular weight is 379 g/mol. The molecule has 7 heteroatoms. The van der Waals surface area contributed by atoms with Crippen molar-refractivity contribution >= 4 is 5.95 Å². The zero-order valence-electron chi connectivity index (χ0n) is 16.0. The Kier molecular flexibility index (Phi) is 6.75. The van der Waals surface area contributed by atoms with Crippen molar-refractivity contribution in [1.82, 2.24) is 14.5 Å². The van der Waals surface area contributed by atoms with Crippen molar-refractivity contribution in [1.29, 1.82) is 0 Å². The zero-order chi connectivity index (χ0) is 19.8. The molecule has 2 heterocycles. The Morgan fingerprint density at radius 1 is 1.18 bits per heavy atom. The minimum atomic E-state index is -0.0980. The van der Waals surface area contributed by atoms with Gasteiger partial charge in [-0.2, -0.15) is 0 Å². The Hall–Kier alpha value is -3.19. The Bertz CT molecular complexity index is 957. The van der Waals surface area contributed by atoms with Gasteiger partial charge in [0.15, 0.2) is 0 Å². The number of nitrogens with two attached hydrogens (primary N) is 1. The zero-order valence-corrected chi connectivity index (χ0v) is 16.0. The molecule has 3 N–H and O–H groups in total.